The van der Waals surface area contributed by atoms with Gasteiger partial charge >= 0.3 is 0 Å². The number of hydrogen-bond donors (Lipinski definition) is 3. The third-order valence-electron chi connectivity index (χ3n) is 2.08. The van der Waals surface area contributed by atoms with Crippen LogP contribution in [0.5, 0.6) is 0 Å². The van der Waals surface area contributed by atoms with Crippen molar-refractivity contribution < 1.29 is 27.0 Å². The predicted molar refractivity (Wildman–Crippen MR) is 63.9 cm³/mol. The minimum atomic E-state index is -4.21. The minimum absolute atomic E-state index is 0.00773. The number of nitrogen functional groups attached to an aromatic ring is 1. The molecular weight excluding hydrogens is 282 g/mol. The van der Waals surface area contributed by atoms with Crippen LogP contribution in [0.1, 0.15) is 0 Å². The van der Waals surface area contributed by atoms with E-state index in [-0.39, 0.29) is 32.1 Å². The van der Waals surface area contributed by atoms with Crippen molar-refractivity contribution in [2.24, 2.45) is 0 Å². The van der Waals surface area contributed by atoms with Crippen LogP contribution in [0.15, 0.2) is 17.0 Å². The van der Waals surface area contributed by atoms with Gasteiger partial charge in [0.05, 0.1) is 19.8 Å². The molecular formula is C10H14F2N2O4S. The Morgan fingerprint density at radius 3 is 2.63 bits per heavy atom. The maximum atomic E-state index is 13.4. The van der Waals surface area contributed by atoms with Gasteiger partial charge in [-0.25, -0.2) is 21.9 Å². The zero-order valence-corrected chi connectivity index (χ0v) is 10.7. The van der Waals surface area contributed by atoms with Crippen LogP contribution < -0.4 is 10.5 Å². The fourth-order valence-electron chi connectivity index (χ4n) is 1.27. The van der Waals surface area contributed by atoms with Crippen LogP contribution in [0.25, 0.3) is 0 Å². The van der Waals surface area contributed by atoms with Gasteiger partial charge in [0.25, 0.3) is 0 Å². The summed E-state index contributed by atoms with van der Waals surface area (Å²) in [5.41, 5.74) is 5.07. The number of halogens is 2. The molecule has 0 aliphatic heterocycles. The van der Waals surface area contributed by atoms with Crippen molar-refractivity contribution in [3.8, 4) is 0 Å². The Bertz CT molecular complexity index is 537. The molecule has 0 saturated carbocycles. The lowest BCUT2D eigenvalue weighted by atomic mass is 10.3. The number of aliphatic hydroxyl groups is 1. The van der Waals surface area contributed by atoms with Crippen molar-refractivity contribution in [1.29, 1.82) is 0 Å². The van der Waals surface area contributed by atoms with Gasteiger partial charge in [0.2, 0.25) is 10.0 Å². The van der Waals surface area contributed by atoms with E-state index in [1.165, 1.54) is 0 Å². The fraction of sp³-hybridized carbons (Fsp3) is 0.400. The molecule has 19 heavy (non-hydrogen) atoms. The Labute approximate surface area is 109 Å². The predicted octanol–water partition coefficient (Wildman–Crippen LogP) is -0.166. The smallest absolute Gasteiger partial charge is 0.243 e. The van der Waals surface area contributed by atoms with Crippen molar-refractivity contribution in [1.82, 2.24) is 4.72 Å². The van der Waals surface area contributed by atoms with Crippen LogP contribution in [0, 0.1) is 11.6 Å². The lowest BCUT2D eigenvalue weighted by molar-refractivity contribution is 0.0961. The summed E-state index contributed by atoms with van der Waals surface area (Å²) in [6, 6.07) is 1.52. The molecule has 0 aliphatic carbocycles. The topological polar surface area (TPSA) is 102 Å². The number of benzene rings is 1. The van der Waals surface area contributed by atoms with E-state index in [1.807, 2.05) is 4.72 Å². The zero-order chi connectivity index (χ0) is 14.5. The lowest BCUT2D eigenvalue weighted by Gasteiger charge is -2.09. The van der Waals surface area contributed by atoms with E-state index in [0.29, 0.717) is 6.07 Å². The van der Waals surface area contributed by atoms with Crippen molar-refractivity contribution in [2.75, 3.05) is 32.1 Å². The Morgan fingerprint density at radius 1 is 1.32 bits per heavy atom. The highest BCUT2D eigenvalue weighted by Crippen LogP contribution is 2.20. The Kier molecular flexibility index (Phi) is 5.60. The van der Waals surface area contributed by atoms with Crippen LogP contribution in [0.3, 0.4) is 0 Å². The summed E-state index contributed by atoms with van der Waals surface area (Å²) < 4.78 is 56.7. The van der Waals surface area contributed by atoms with Gasteiger partial charge in [0.1, 0.15) is 4.90 Å². The molecule has 108 valence electrons. The van der Waals surface area contributed by atoms with E-state index in [9.17, 15) is 17.2 Å². The van der Waals surface area contributed by atoms with Crippen LogP contribution in [-0.2, 0) is 14.8 Å². The number of nitrogens with one attached hydrogen (secondary N) is 1. The van der Waals surface area contributed by atoms with Gasteiger partial charge in [-0.2, -0.15) is 0 Å². The summed E-state index contributed by atoms with van der Waals surface area (Å²) >= 11 is 0. The van der Waals surface area contributed by atoms with Crippen LogP contribution in [0.2, 0.25) is 0 Å². The number of aliphatic hydroxyl groups excluding tert-OH is 1. The SMILES string of the molecule is Nc1cc(F)c(F)c(S(=O)(=O)NCCOCCO)c1. The first-order chi connectivity index (χ1) is 8.88. The highest BCUT2D eigenvalue weighted by Gasteiger charge is 2.22. The van der Waals surface area contributed by atoms with Gasteiger partial charge in [-0.15, -0.1) is 0 Å². The van der Waals surface area contributed by atoms with Crippen molar-refractivity contribution >= 4 is 15.7 Å². The molecule has 4 N–H and O–H groups in total. The number of ether oxygens (including phenoxy) is 1. The number of anilines is 1. The summed E-state index contributed by atoms with van der Waals surface area (Å²) in [6.45, 7) is -0.283. The molecule has 0 amide bonds. The molecule has 1 rings (SSSR count). The molecule has 0 radical (unpaired) electrons. The first-order valence-electron chi connectivity index (χ1n) is 5.31. The molecule has 1 aromatic rings. The lowest BCUT2D eigenvalue weighted by Crippen LogP contribution is -2.28. The summed E-state index contributed by atoms with van der Waals surface area (Å²) in [5, 5.41) is 8.43. The zero-order valence-electron chi connectivity index (χ0n) is 9.90. The number of nitrogens with two attached hydrogens (primary N) is 1. The monoisotopic (exact) mass is 296 g/mol. The molecule has 0 heterocycles. The van der Waals surface area contributed by atoms with Gasteiger partial charge in [0.15, 0.2) is 11.6 Å². The van der Waals surface area contributed by atoms with Gasteiger partial charge in [-0.3, -0.25) is 0 Å². The summed E-state index contributed by atoms with van der Waals surface area (Å²) in [7, 11) is -4.21. The first kappa shape index (κ1) is 15.8. The maximum absolute atomic E-state index is 13.4. The minimum Gasteiger partial charge on any atom is -0.399 e. The molecule has 0 bridgehead atoms. The van der Waals surface area contributed by atoms with Gasteiger partial charge in [-0.05, 0) is 12.1 Å². The second-order valence-corrected chi connectivity index (χ2v) is 5.28. The summed E-state index contributed by atoms with van der Waals surface area (Å²) in [4.78, 5) is -0.854. The first-order valence-corrected chi connectivity index (χ1v) is 6.79. The standard InChI is InChI=1S/C10H14F2N2O4S/c11-8-5-7(13)6-9(10(8)12)19(16,17)14-1-3-18-4-2-15/h5-6,14-15H,1-4,13H2. The van der Waals surface area contributed by atoms with Gasteiger partial charge < -0.3 is 15.6 Å². The van der Waals surface area contributed by atoms with Gasteiger partial charge in [-0.1, -0.05) is 0 Å². The molecule has 0 unspecified atom stereocenters. The molecule has 0 saturated heterocycles. The molecule has 0 spiro atoms. The average Bonchev–Trinajstić information content (AvgIpc) is 2.33. The highest BCUT2D eigenvalue weighted by atomic mass is 32.2. The third kappa shape index (κ3) is 4.39. The molecule has 0 aliphatic rings. The second-order valence-electron chi connectivity index (χ2n) is 3.55. The van der Waals surface area contributed by atoms with Crippen molar-refractivity contribution in [3.63, 3.8) is 0 Å². The van der Waals surface area contributed by atoms with E-state index >= 15 is 0 Å². The largest absolute Gasteiger partial charge is 0.399 e. The average molecular weight is 296 g/mol. The maximum Gasteiger partial charge on any atom is 0.243 e. The second kappa shape index (κ2) is 6.75. The summed E-state index contributed by atoms with van der Waals surface area (Å²) in [5.74, 6) is -2.82. The quantitative estimate of drug-likeness (QED) is 0.479. The van der Waals surface area contributed by atoms with Crippen LogP contribution in [-0.4, -0.2) is 39.9 Å². The summed E-state index contributed by atoms with van der Waals surface area (Å²) in [6.07, 6.45) is 0. The van der Waals surface area contributed by atoms with Crippen LogP contribution >= 0.6 is 0 Å². The van der Waals surface area contributed by atoms with E-state index in [4.69, 9.17) is 15.6 Å². The van der Waals surface area contributed by atoms with E-state index in [0.717, 1.165) is 6.07 Å². The van der Waals surface area contributed by atoms with E-state index < -0.39 is 26.6 Å². The fourth-order valence-corrected chi connectivity index (χ4v) is 2.40. The molecule has 0 aromatic heterocycles. The van der Waals surface area contributed by atoms with E-state index in [2.05, 4.69) is 0 Å². The Balaban J connectivity index is 2.78. The normalized spacial score (nSPS) is 11.7. The number of hydrogen-bond acceptors (Lipinski definition) is 5. The third-order valence-corrected chi connectivity index (χ3v) is 3.54. The van der Waals surface area contributed by atoms with Crippen molar-refractivity contribution in [2.45, 2.75) is 4.90 Å². The Morgan fingerprint density at radius 2 is 2.00 bits per heavy atom. The van der Waals surface area contributed by atoms with Crippen molar-refractivity contribution in [3.05, 3.63) is 23.8 Å². The highest BCUT2D eigenvalue weighted by molar-refractivity contribution is 7.89. The molecule has 0 fully saturated rings. The molecule has 9 heteroatoms. The number of sulfonamides is 1. The van der Waals surface area contributed by atoms with E-state index in [1.54, 1.807) is 0 Å². The molecule has 1 aromatic carbocycles. The molecule has 6 nitrogen and oxygen atoms in total. The van der Waals surface area contributed by atoms with Gasteiger partial charge in [0, 0.05) is 12.2 Å². The number of rotatable bonds is 7. The van der Waals surface area contributed by atoms with Crippen LogP contribution in [0.4, 0.5) is 14.5 Å². The molecule has 0 atom stereocenters. The Hall–Kier alpha value is -1.29.